The van der Waals surface area contributed by atoms with Gasteiger partial charge in [-0.05, 0) is 57.3 Å². The minimum atomic E-state index is 0.473. The lowest BCUT2D eigenvalue weighted by Gasteiger charge is -2.22. The molecule has 1 fully saturated rings. The Hall–Kier alpha value is -1.60. The highest BCUT2D eigenvalue weighted by Crippen LogP contribution is 2.18. The van der Waals surface area contributed by atoms with E-state index in [0.29, 0.717) is 24.0 Å². The SMILES string of the molecule is Cc1ccc(C#N)c(OCCC2CCCNC2)n1. The van der Waals surface area contributed by atoms with Crippen LogP contribution < -0.4 is 10.1 Å². The molecule has 1 saturated heterocycles. The Morgan fingerprint density at radius 3 is 3.17 bits per heavy atom. The van der Waals surface area contributed by atoms with E-state index in [1.54, 1.807) is 6.07 Å². The first-order chi connectivity index (χ1) is 8.79. The number of pyridine rings is 1. The van der Waals surface area contributed by atoms with Crippen molar-refractivity contribution < 1.29 is 4.74 Å². The number of ether oxygens (including phenoxy) is 1. The smallest absolute Gasteiger partial charge is 0.231 e. The van der Waals surface area contributed by atoms with E-state index in [1.165, 1.54) is 12.8 Å². The molecule has 2 heterocycles. The van der Waals surface area contributed by atoms with Crippen molar-refractivity contribution >= 4 is 0 Å². The van der Waals surface area contributed by atoms with Crippen LogP contribution in [0.5, 0.6) is 5.88 Å². The topological polar surface area (TPSA) is 57.9 Å². The molecular weight excluding hydrogens is 226 g/mol. The summed E-state index contributed by atoms with van der Waals surface area (Å²) in [5, 5.41) is 12.4. The maximum Gasteiger partial charge on any atom is 0.231 e. The number of hydrogen-bond acceptors (Lipinski definition) is 4. The molecule has 4 nitrogen and oxygen atoms in total. The molecule has 1 N–H and O–H groups in total. The van der Waals surface area contributed by atoms with Gasteiger partial charge in [0.1, 0.15) is 11.6 Å². The maximum atomic E-state index is 8.98. The second kappa shape index (κ2) is 6.36. The fraction of sp³-hybridized carbons (Fsp3) is 0.571. The van der Waals surface area contributed by atoms with Gasteiger partial charge in [-0.2, -0.15) is 5.26 Å². The highest BCUT2D eigenvalue weighted by atomic mass is 16.5. The third kappa shape index (κ3) is 3.44. The Morgan fingerprint density at radius 2 is 2.44 bits per heavy atom. The quantitative estimate of drug-likeness (QED) is 0.881. The number of aromatic nitrogens is 1. The van der Waals surface area contributed by atoms with E-state index in [0.717, 1.165) is 25.2 Å². The van der Waals surface area contributed by atoms with Crippen molar-refractivity contribution in [1.82, 2.24) is 10.3 Å². The fourth-order valence-corrected chi connectivity index (χ4v) is 2.22. The van der Waals surface area contributed by atoms with E-state index in [1.807, 2.05) is 13.0 Å². The first-order valence-corrected chi connectivity index (χ1v) is 6.51. The molecule has 1 aliphatic heterocycles. The predicted octanol–water partition coefficient (Wildman–Crippen LogP) is 2.03. The first kappa shape index (κ1) is 12.8. The molecule has 0 spiro atoms. The van der Waals surface area contributed by atoms with Crippen molar-refractivity contribution in [2.45, 2.75) is 26.2 Å². The minimum absolute atomic E-state index is 0.473. The van der Waals surface area contributed by atoms with E-state index < -0.39 is 0 Å². The lowest BCUT2D eigenvalue weighted by Crippen LogP contribution is -2.30. The lowest BCUT2D eigenvalue weighted by molar-refractivity contribution is 0.246. The molecule has 1 aromatic rings. The summed E-state index contributed by atoms with van der Waals surface area (Å²) in [6, 6.07) is 5.70. The summed E-state index contributed by atoms with van der Waals surface area (Å²) in [6.45, 7) is 4.75. The van der Waals surface area contributed by atoms with Crippen LogP contribution >= 0.6 is 0 Å². The van der Waals surface area contributed by atoms with Gasteiger partial charge >= 0.3 is 0 Å². The minimum Gasteiger partial charge on any atom is -0.477 e. The molecule has 0 radical (unpaired) electrons. The molecule has 0 saturated carbocycles. The predicted molar refractivity (Wildman–Crippen MR) is 69.4 cm³/mol. The van der Waals surface area contributed by atoms with Crippen molar-refractivity contribution in [1.29, 1.82) is 5.26 Å². The van der Waals surface area contributed by atoms with E-state index in [4.69, 9.17) is 10.00 Å². The fourth-order valence-electron chi connectivity index (χ4n) is 2.22. The molecule has 18 heavy (non-hydrogen) atoms. The molecule has 0 bridgehead atoms. The molecule has 4 heteroatoms. The zero-order valence-corrected chi connectivity index (χ0v) is 10.8. The first-order valence-electron chi connectivity index (χ1n) is 6.51. The largest absolute Gasteiger partial charge is 0.477 e. The van der Waals surface area contributed by atoms with Crippen molar-refractivity contribution in [3.05, 3.63) is 23.4 Å². The summed E-state index contributed by atoms with van der Waals surface area (Å²) in [7, 11) is 0. The van der Waals surface area contributed by atoms with Gasteiger partial charge in [0, 0.05) is 5.69 Å². The summed E-state index contributed by atoms with van der Waals surface area (Å²) in [5.41, 5.74) is 1.39. The van der Waals surface area contributed by atoms with Crippen LogP contribution in [0, 0.1) is 24.2 Å². The summed E-state index contributed by atoms with van der Waals surface area (Å²) in [6.07, 6.45) is 3.53. The van der Waals surface area contributed by atoms with E-state index in [2.05, 4.69) is 16.4 Å². The van der Waals surface area contributed by atoms with Crippen LogP contribution in [-0.4, -0.2) is 24.7 Å². The van der Waals surface area contributed by atoms with Crippen LogP contribution in [0.15, 0.2) is 12.1 Å². The van der Waals surface area contributed by atoms with Gasteiger partial charge in [-0.1, -0.05) is 0 Å². The van der Waals surface area contributed by atoms with Crippen molar-refractivity contribution in [2.24, 2.45) is 5.92 Å². The van der Waals surface area contributed by atoms with Gasteiger partial charge in [-0.15, -0.1) is 0 Å². The molecule has 0 amide bonds. The molecule has 0 aromatic carbocycles. The van der Waals surface area contributed by atoms with Gasteiger partial charge in [0.25, 0.3) is 0 Å². The van der Waals surface area contributed by atoms with Gasteiger partial charge in [0.05, 0.1) is 6.61 Å². The van der Waals surface area contributed by atoms with E-state index in [-0.39, 0.29) is 0 Å². The van der Waals surface area contributed by atoms with Gasteiger partial charge in [-0.25, -0.2) is 4.98 Å². The summed E-state index contributed by atoms with van der Waals surface area (Å²) < 4.78 is 5.65. The molecule has 1 unspecified atom stereocenters. The Morgan fingerprint density at radius 1 is 1.56 bits per heavy atom. The molecule has 1 atom stereocenters. The average molecular weight is 245 g/mol. The summed E-state index contributed by atoms with van der Waals surface area (Å²) >= 11 is 0. The Kier molecular flexibility index (Phi) is 4.54. The number of nitrogens with zero attached hydrogens (tertiary/aromatic N) is 2. The summed E-state index contributed by atoms with van der Waals surface area (Å²) in [4.78, 5) is 4.27. The Labute approximate surface area is 108 Å². The van der Waals surface area contributed by atoms with Crippen molar-refractivity contribution in [2.75, 3.05) is 19.7 Å². The Bertz CT molecular complexity index is 433. The van der Waals surface area contributed by atoms with Crippen molar-refractivity contribution in [3.8, 4) is 11.9 Å². The lowest BCUT2D eigenvalue weighted by atomic mass is 9.97. The van der Waals surface area contributed by atoms with Crippen LogP contribution in [0.2, 0.25) is 0 Å². The third-order valence-corrected chi connectivity index (χ3v) is 3.28. The van der Waals surface area contributed by atoms with Gasteiger partial charge in [-0.3, -0.25) is 0 Å². The molecule has 1 aliphatic rings. The van der Waals surface area contributed by atoms with Crippen molar-refractivity contribution in [3.63, 3.8) is 0 Å². The normalized spacial score (nSPS) is 19.2. The second-order valence-corrected chi connectivity index (χ2v) is 4.77. The molecular formula is C14H19N3O. The number of aryl methyl sites for hydroxylation is 1. The van der Waals surface area contributed by atoms with Gasteiger partial charge < -0.3 is 10.1 Å². The van der Waals surface area contributed by atoms with E-state index in [9.17, 15) is 0 Å². The maximum absolute atomic E-state index is 8.98. The Balaban J connectivity index is 1.86. The van der Waals surface area contributed by atoms with Crippen LogP contribution in [0.25, 0.3) is 0 Å². The zero-order valence-electron chi connectivity index (χ0n) is 10.8. The van der Waals surface area contributed by atoms with Crippen LogP contribution in [-0.2, 0) is 0 Å². The molecule has 1 aromatic heterocycles. The highest BCUT2D eigenvalue weighted by molar-refractivity contribution is 5.38. The zero-order chi connectivity index (χ0) is 12.8. The number of hydrogen-bond donors (Lipinski definition) is 1. The van der Waals surface area contributed by atoms with E-state index >= 15 is 0 Å². The average Bonchev–Trinajstić information content (AvgIpc) is 2.40. The number of nitrogens with one attached hydrogen (secondary N) is 1. The standard InChI is InChI=1S/C14H19N3O/c1-11-4-5-13(9-15)14(17-11)18-8-6-12-3-2-7-16-10-12/h4-5,12,16H,2-3,6-8,10H2,1H3. The third-order valence-electron chi connectivity index (χ3n) is 3.28. The monoisotopic (exact) mass is 245 g/mol. The van der Waals surface area contributed by atoms with Gasteiger partial charge in [0.2, 0.25) is 5.88 Å². The van der Waals surface area contributed by atoms with Gasteiger partial charge in [0.15, 0.2) is 0 Å². The number of nitriles is 1. The highest BCUT2D eigenvalue weighted by Gasteiger charge is 2.13. The summed E-state index contributed by atoms with van der Waals surface area (Å²) in [5.74, 6) is 1.16. The van der Waals surface area contributed by atoms with Crippen LogP contribution in [0.4, 0.5) is 0 Å². The number of rotatable bonds is 4. The molecule has 96 valence electrons. The second-order valence-electron chi connectivity index (χ2n) is 4.77. The molecule has 2 rings (SSSR count). The van der Waals surface area contributed by atoms with Crippen LogP contribution in [0.1, 0.15) is 30.5 Å². The van der Waals surface area contributed by atoms with Crippen LogP contribution in [0.3, 0.4) is 0 Å². The number of piperidine rings is 1. The molecule has 0 aliphatic carbocycles.